The number of phenols is 1. The number of rotatable bonds is 6. The maximum atomic E-state index is 12.3. The van der Waals surface area contributed by atoms with Crippen molar-refractivity contribution in [1.29, 1.82) is 0 Å². The van der Waals surface area contributed by atoms with Crippen molar-refractivity contribution in [2.24, 2.45) is 0 Å². The predicted octanol–water partition coefficient (Wildman–Crippen LogP) is 2.95. The number of hydrogen-bond acceptors (Lipinski definition) is 5. The highest BCUT2D eigenvalue weighted by Gasteiger charge is 2.12. The van der Waals surface area contributed by atoms with E-state index in [1.54, 1.807) is 24.4 Å². The summed E-state index contributed by atoms with van der Waals surface area (Å²) in [5.41, 5.74) is 1.72. The fourth-order valence-electron chi connectivity index (χ4n) is 2.47. The van der Waals surface area contributed by atoms with Gasteiger partial charge in [0.05, 0.1) is 18.7 Å². The molecule has 0 spiro atoms. The SMILES string of the molecule is O=C(Cc1cc(Cl)ccc1O)Nc1ccnc(C(=O)NCc2ccccn2)c1. The number of halogens is 1. The minimum Gasteiger partial charge on any atom is -0.508 e. The molecule has 2 amide bonds. The van der Waals surface area contributed by atoms with Gasteiger partial charge in [0.25, 0.3) is 5.91 Å². The lowest BCUT2D eigenvalue weighted by molar-refractivity contribution is -0.115. The first-order valence-electron chi connectivity index (χ1n) is 8.42. The van der Waals surface area contributed by atoms with Crippen LogP contribution in [0.5, 0.6) is 5.75 Å². The maximum absolute atomic E-state index is 12.3. The maximum Gasteiger partial charge on any atom is 0.270 e. The number of hydrogen-bond donors (Lipinski definition) is 3. The highest BCUT2D eigenvalue weighted by Crippen LogP contribution is 2.22. The molecule has 7 nitrogen and oxygen atoms in total. The van der Waals surface area contributed by atoms with Crippen LogP contribution in [0.2, 0.25) is 5.02 Å². The summed E-state index contributed by atoms with van der Waals surface area (Å²) in [6.07, 6.45) is 3.02. The van der Waals surface area contributed by atoms with Crippen LogP contribution < -0.4 is 10.6 Å². The standard InChI is InChI=1S/C20H17ClN4O3/c21-14-4-5-18(26)13(9-14)10-19(27)25-15-6-8-23-17(11-15)20(28)24-12-16-3-1-2-7-22-16/h1-9,11,26H,10,12H2,(H,24,28)(H,23,25,27). The summed E-state index contributed by atoms with van der Waals surface area (Å²) in [4.78, 5) is 32.7. The minimum atomic E-state index is -0.380. The molecule has 8 heteroatoms. The van der Waals surface area contributed by atoms with Crippen molar-refractivity contribution in [2.45, 2.75) is 13.0 Å². The molecule has 2 aromatic heterocycles. The third-order valence-electron chi connectivity index (χ3n) is 3.83. The zero-order chi connectivity index (χ0) is 19.9. The van der Waals surface area contributed by atoms with E-state index in [0.29, 0.717) is 16.3 Å². The first-order chi connectivity index (χ1) is 13.5. The number of phenolic OH excluding ortho intramolecular Hbond substituents is 1. The summed E-state index contributed by atoms with van der Waals surface area (Å²) in [5, 5.41) is 15.6. The van der Waals surface area contributed by atoms with Gasteiger partial charge in [-0.2, -0.15) is 0 Å². The van der Waals surface area contributed by atoms with E-state index < -0.39 is 0 Å². The molecule has 0 aliphatic heterocycles. The van der Waals surface area contributed by atoms with Gasteiger partial charge in [-0.05, 0) is 42.5 Å². The van der Waals surface area contributed by atoms with Crippen LogP contribution in [0.1, 0.15) is 21.7 Å². The van der Waals surface area contributed by atoms with Gasteiger partial charge in [0.1, 0.15) is 11.4 Å². The van der Waals surface area contributed by atoms with Crippen molar-refractivity contribution < 1.29 is 14.7 Å². The highest BCUT2D eigenvalue weighted by atomic mass is 35.5. The van der Waals surface area contributed by atoms with Crippen molar-refractivity contribution in [1.82, 2.24) is 15.3 Å². The van der Waals surface area contributed by atoms with Gasteiger partial charge in [0.2, 0.25) is 5.91 Å². The Morgan fingerprint density at radius 3 is 2.68 bits per heavy atom. The van der Waals surface area contributed by atoms with Crippen LogP contribution >= 0.6 is 11.6 Å². The molecule has 3 N–H and O–H groups in total. The molecule has 0 saturated heterocycles. The van der Waals surface area contributed by atoms with Gasteiger partial charge in [0, 0.05) is 28.7 Å². The van der Waals surface area contributed by atoms with Crippen LogP contribution in [-0.2, 0) is 17.8 Å². The monoisotopic (exact) mass is 396 g/mol. The lowest BCUT2D eigenvalue weighted by Crippen LogP contribution is -2.24. The molecule has 0 saturated carbocycles. The second kappa shape index (κ2) is 8.96. The number of anilines is 1. The molecule has 0 unspecified atom stereocenters. The van der Waals surface area contributed by atoms with E-state index in [9.17, 15) is 14.7 Å². The minimum absolute atomic E-state index is 0.0103. The fraction of sp³-hybridized carbons (Fsp3) is 0.100. The molecule has 0 aliphatic carbocycles. The molecule has 28 heavy (non-hydrogen) atoms. The quantitative estimate of drug-likeness (QED) is 0.594. The summed E-state index contributed by atoms with van der Waals surface area (Å²) in [7, 11) is 0. The average molecular weight is 397 g/mol. The Morgan fingerprint density at radius 2 is 1.89 bits per heavy atom. The number of nitrogens with one attached hydrogen (secondary N) is 2. The van der Waals surface area contributed by atoms with Crippen LogP contribution in [0.15, 0.2) is 60.9 Å². The number of nitrogens with zero attached hydrogens (tertiary/aromatic N) is 2. The normalized spacial score (nSPS) is 10.3. The molecule has 2 heterocycles. The Balaban J connectivity index is 1.61. The van der Waals surface area contributed by atoms with E-state index in [2.05, 4.69) is 20.6 Å². The average Bonchev–Trinajstić information content (AvgIpc) is 2.70. The van der Waals surface area contributed by atoms with Gasteiger partial charge in [-0.25, -0.2) is 0 Å². The van der Waals surface area contributed by atoms with Gasteiger partial charge < -0.3 is 15.7 Å². The molecule has 3 rings (SSSR count). The fourth-order valence-corrected chi connectivity index (χ4v) is 2.67. The Kier molecular flexibility index (Phi) is 6.18. The Hall–Kier alpha value is -3.45. The van der Waals surface area contributed by atoms with E-state index in [1.807, 2.05) is 6.07 Å². The molecule has 142 valence electrons. The molecular formula is C20H17ClN4O3. The first kappa shape index (κ1) is 19.3. The van der Waals surface area contributed by atoms with Crippen LogP contribution in [0.4, 0.5) is 5.69 Å². The summed E-state index contributed by atoms with van der Waals surface area (Å²) in [6, 6.07) is 13.0. The first-order valence-corrected chi connectivity index (χ1v) is 8.80. The van der Waals surface area contributed by atoms with Crippen molar-refractivity contribution in [3.63, 3.8) is 0 Å². The number of aromatic nitrogens is 2. The molecule has 1 aromatic carbocycles. The zero-order valence-corrected chi connectivity index (χ0v) is 15.5. The molecule has 0 aliphatic rings. The van der Waals surface area contributed by atoms with Gasteiger partial charge in [-0.15, -0.1) is 0 Å². The lowest BCUT2D eigenvalue weighted by atomic mass is 10.1. The smallest absolute Gasteiger partial charge is 0.270 e. The van der Waals surface area contributed by atoms with Crippen LogP contribution in [0.3, 0.4) is 0 Å². The van der Waals surface area contributed by atoms with Gasteiger partial charge in [-0.3, -0.25) is 19.6 Å². The van der Waals surface area contributed by atoms with Crippen LogP contribution in [0, 0.1) is 0 Å². The van der Waals surface area contributed by atoms with Crippen LogP contribution in [-0.4, -0.2) is 26.9 Å². The molecular weight excluding hydrogens is 380 g/mol. The molecule has 3 aromatic rings. The molecule has 0 atom stereocenters. The van der Waals surface area contributed by atoms with Gasteiger partial charge >= 0.3 is 0 Å². The summed E-state index contributed by atoms with van der Waals surface area (Å²) in [5.74, 6) is -0.748. The van der Waals surface area contributed by atoms with Gasteiger partial charge in [0.15, 0.2) is 0 Å². The number of carbonyl (C=O) groups is 2. The number of benzene rings is 1. The third-order valence-corrected chi connectivity index (χ3v) is 4.06. The second-order valence-electron chi connectivity index (χ2n) is 5.93. The van der Waals surface area contributed by atoms with E-state index in [0.717, 1.165) is 5.69 Å². The zero-order valence-electron chi connectivity index (χ0n) is 14.7. The second-order valence-corrected chi connectivity index (χ2v) is 6.37. The number of amides is 2. The topological polar surface area (TPSA) is 104 Å². The largest absolute Gasteiger partial charge is 0.508 e. The summed E-state index contributed by atoms with van der Waals surface area (Å²) >= 11 is 5.89. The van der Waals surface area contributed by atoms with Crippen molar-refractivity contribution in [3.8, 4) is 5.75 Å². The van der Waals surface area contributed by atoms with Crippen molar-refractivity contribution >= 4 is 29.1 Å². The third kappa shape index (κ3) is 5.28. The van der Waals surface area contributed by atoms with Crippen LogP contribution in [0.25, 0.3) is 0 Å². The van der Waals surface area contributed by atoms with E-state index in [1.165, 1.54) is 30.5 Å². The van der Waals surface area contributed by atoms with Gasteiger partial charge in [-0.1, -0.05) is 17.7 Å². The molecule has 0 radical (unpaired) electrons. The number of aromatic hydroxyl groups is 1. The number of pyridine rings is 2. The molecule has 0 bridgehead atoms. The number of carbonyl (C=O) groups excluding carboxylic acids is 2. The van der Waals surface area contributed by atoms with E-state index in [-0.39, 0.29) is 36.2 Å². The Labute approximate surface area is 166 Å². The summed E-state index contributed by atoms with van der Waals surface area (Å²) < 4.78 is 0. The lowest BCUT2D eigenvalue weighted by Gasteiger charge is -2.09. The summed E-state index contributed by atoms with van der Waals surface area (Å²) in [6.45, 7) is 0.270. The Morgan fingerprint density at radius 1 is 1.04 bits per heavy atom. The predicted molar refractivity (Wildman–Crippen MR) is 105 cm³/mol. The van der Waals surface area contributed by atoms with Crippen molar-refractivity contribution in [3.05, 3.63) is 82.9 Å². The van der Waals surface area contributed by atoms with Crippen molar-refractivity contribution in [2.75, 3.05) is 5.32 Å². The molecule has 0 fully saturated rings. The highest BCUT2D eigenvalue weighted by molar-refractivity contribution is 6.30. The van der Waals surface area contributed by atoms with E-state index >= 15 is 0 Å². The van der Waals surface area contributed by atoms with E-state index in [4.69, 9.17) is 11.6 Å². The Bertz CT molecular complexity index is 996.